The monoisotopic (exact) mass is 269 g/mol. The van der Waals surface area contributed by atoms with E-state index in [4.69, 9.17) is 5.73 Å². The van der Waals surface area contributed by atoms with E-state index < -0.39 is 5.54 Å². The zero-order valence-corrected chi connectivity index (χ0v) is 13.1. The minimum absolute atomic E-state index is 0.244. The highest BCUT2D eigenvalue weighted by Gasteiger charge is 2.39. The van der Waals surface area contributed by atoms with Crippen LogP contribution in [0.1, 0.15) is 53.4 Å². The lowest BCUT2D eigenvalue weighted by atomic mass is 9.82. The topological polar surface area (TPSA) is 58.4 Å². The number of likely N-dealkylation sites (tertiary alicyclic amines) is 1. The number of hydrogen-bond donors (Lipinski definition) is 2. The fraction of sp³-hybridized carbons (Fsp3) is 0.933. The molecule has 1 amide bonds. The number of carbonyl (C=O) groups is 1. The Morgan fingerprint density at radius 2 is 2.00 bits per heavy atom. The van der Waals surface area contributed by atoms with Crippen LogP contribution in [0.2, 0.25) is 0 Å². The highest BCUT2D eigenvalue weighted by Crippen LogP contribution is 2.37. The molecular weight excluding hydrogens is 238 g/mol. The second-order valence-electron chi connectivity index (χ2n) is 6.29. The first-order valence-corrected chi connectivity index (χ1v) is 7.68. The van der Waals surface area contributed by atoms with Crippen molar-refractivity contribution in [2.45, 2.75) is 58.9 Å². The van der Waals surface area contributed by atoms with Gasteiger partial charge >= 0.3 is 0 Å². The van der Waals surface area contributed by atoms with E-state index in [1.165, 1.54) is 19.3 Å². The van der Waals surface area contributed by atoms with Crippen LogP contribution in [0, 0.1) is 5.41 Å². The van der Waals surface area contributed by atoms with Crippen molar-refractivity contribution in [1.29, 1.82) is 0 Å². The zero-order valence-electron chi connectivity index (χ0n) is 13.1. The van der Waals surface area contributed by atoms with E-state index in [9.17, 15) is 4.79 Å². The number of hydrogen-bond acceptors (Lipinski definition) is 3. The Kier molecular flexibility index (Phi) is 5.81. The van der Waals surface area contributed by atoms with Gasteiger partial charge in [0.25, 0.3) is 0 Å². The van der Waals surface area contributed by atoms with E-state index in [0.29, 0.717) is 5.41 Å². The van der Waals surface area contributed by atoms with E-state index in [-0.39, 0.29) is 5.91 Å². The SMILES string of the molecule is CCCNC(C)(CN1CCC(CC)(CC)C1)C(N)=O. The Morgan fingerprint density at radius 1 is 1.37 bits per heavy atom. The Balaban J connectivity index is 2.64. The van der Waals surface area contributed by atoms with E-state index >= 15 is 0 Å². The molecule has 3 N–H and O–H groups in total. The first-order chi connectivity index (χ1) is 8.91. The quantitative estimate of drug-likeness (QED) is 0.706. The maximum absolute atomic E-state index is 11.7. The average Bonchev–Trinajstić information content (AvgIpc) is 2.80. The summed E-state index contributed by atoms with van der Waals surface area (Å²) in [5, 5.41) is 3.32. The van der Waals surface area contributed by atoms with E-state index in [1.807, 2.05) is 6.92 Å². The van der Waals surface area contributed by atoms with Crippen molar-refractivity contribution in [2.75, 3.05) is 26.2 Å². The first-order valence-electron chi connectivity index (χ1n) is 7.68. The summed E-state index contributed by atoms with van der Waals surface area (Å²) in [6, 6.07) is 0. The van der Waals surface area contributed by atoms with E-state index in [1.54, 1.807) is 0 Å². The van der Waals surface area contributed by atoms with Crippen LogP contribution >= 0.6 is 0 Å². The second kappa shape index (κ2) is 6.71. The predicted molar refractivity (Wildman–Crippen MR) is 80.0 cm³/mol. The Labute approximate surface area is 118 Å². The Morgan fingerprint density at radius 3 is 2.42 bits per heavy atom. The standard InChI is InChI=1S/C15H31N3O/c1-5-9-17-14(4,13(16)19)11-18-10-8-15(6-2,7-3)12-18/h17H,5-12H2,1-4H3,(H2,16,19). The Hall–Kier alpha value is -0.610. The molecule has 1 aliphatic heterocycles. The molecule has 0 aromatic rings. The van der Waals surface area contributed by atoms with Gasteiger partial charge in [-0.3, -0.25) is 4.79 Å². The minimum Gasteiger partial charge on any atom is -0.368 e. The van der Waals surface area contributed by atoms with Crippen molar-refractivity contribution in [3.05, 3.63) is 0 Å². The summed E-state index contributed by atoms with van der Waals surface area (Å²) in [5.74, 6) is -0.244. The molecule has 0 radical (unpaired) electrons. The molecule has 1 saturated heterocycles. The van der Waals surface area contributed by atoms with Crippen LogP contribution in [0.15, 0.2) is 0 Å². The summed E-state index contributed by atoms with van der Waals surface area (Å²) in [5.41, 5.74) is 5.44. The molecule has 0 spiro atoms. The van der Waals surface area contributed by atoms with Crippen molar-refractivity contribution in [3.63, 3.8) is 0 Å². The molecular formula is C15H31N3O. The lowest BCUT2D eigenvalue weighted by Gasteiger charge is -2.33. The highest BCUT2D eigenvalue weighted by atomic mass is 16.1. The van der Waals surface area contributed by atoms with Crippen LogP contribution in [0.4, 0.5) is 0 Å². The van der Waals surface area contributed by atoms with Crippen LogP contribution in [0.3, 0.4) is 0 Å². The van der Waals surface area contributed by atoms with Gasteiger partial charge in [0.1, 0.15) is 5.54 Å². The number of nitrogens with one attached hydrogen (secondary N) is 1. The van der Waals surface area contributed by atoms with Gasteiger partial charge in [0.2, 0.25) is 5.91 Å². The fourth-order valence-electron chi connectivity index (χ4n) is 3.06. The summed E-state index contributed by atoms with van der Waals surface area (Å²) >= 11 is 0. The maximum atomic E-state index is 11.7. The molecule has 4 nitrogen and oxygen atoms in total. The number of nitrogens with zero attached hydrogens (tertiary/aromatic N) is 1. The molecule has 0 saturated carbocycles. The van der Waals surface area contributed by atoms with Gasteiger partial charge in [-0.2, -0.15) is 0 Å². The molecule has 0 aliphatic carbocycles. The molecule has 19 heavy (non-hydrogen) atoms. The molecule has 1 unspecified atom stereocenters. The number of primary amides is 1. The van der Waals surface area contributed by atoms with E-state index in [2.05, 4.69) is 31.0 Å². The third-order valence-corrected chi connectivity index (χ3v) is 4.87. The average molecular weight is 269 g/mol. The van der Waals surface area contributed by atoms with Gasteiger partial charge in [0.05, 0.1) is 0 Å². The molecule has 4 heteroatoms. The van der Waals surface area contributed by atoms with Crippen LogP contribution < -0.4 is 11.1 Å². The number of rotatable bonds is 8. The molecule has 1 fully saturated rings. The molecule has 112 valence electrons. The van der Waals surface area contributed by atoms with Crippen molar-refractivity contribution in [1.82, 2.24) is 10.2 Å². The fourth-order valence-corrected chi connectivity index (χ4v) is 3.06. The van der Waals surface area contributed by atoms with Crippen LogP contribution in [-0.4, -0.2) is 42.5 Å². The van der Waals surface area contributed by atoms with Crippen molar-refractivity contribution >= 4 is 5.91 Å². The van der Waals surface area contributed by atoms with Gasteiger partial charge in [0.15, 0.2) is 0 Å². The van der Waals surface area contributed by atoms with Gasteiger partial charge in [-0.25, -0.2) is 0 Å². The summed E-state index contributed by atoms with van der Waals surface area (Å²) in [6.07, 6.45) is 4.69. The number of carbonyl (C=O) groups excluding carboxylic acids is 1. The molecule has 1 heterocycles. The molecule has 1 rings (SSSR count). The van der Waals surface area contributed by atoms with Gasteiger partial charge in [0, 0.05) is 13.1 Å². The normalized spacial score (nSPS) is 22.3. The summed E-state index contributed by atoms with van der Waals surface area (Å²) in [6.45, 7) is 12.3. The molecule has 1 atom stereocenters. The predicted octanol–water partition coefficient (Wildman–Crippen LogP) is 1.74. The lowest BCUT2D eigenvalue weighted by Crippen LogP contribution is -2.59. The van der Waals surface area contributed by atoms with Crippen LogP contribution in [0.25, 0.3) is 0 Å². The van der Waals surface area contributed by atoms with Crippen molar-refractivity contribution < 1.29 is 4.79 Å². The van der Waals surface area contributed by atoms with Crippen LogP contribution in [-0.2, 0) is 4.79 Å². The van der Waals surface area contributed by atoms with E-state index in [0.717, 1.165) is 32.6 Å². The lowest BCUT2D eigenvalue weighted by molar-refractivity contribution is -0.124. The first kappa shape index (κ1) is 16.4. The second-order valence-corrected chi connectivity index (χ2v) is 6.29. The largest absolute Gasteiger partial charge is 0.368 e. The highest BCUT2D eigenvalue weighted by molar-refractivity contribution is 5.84. The number of nitrogens with two attached hydrogens (primary N) is 1. The third-order valence-electron chi connectivity index (χ3n) is 4.87. The van der Waals surface area contributed by atoms with Gasteiger partial charge in [-0.15, -0.1) is 0 Å². The van der Waals surface area contributed by atoms with Crippen molar-refractivity contribution in [3.8, 4) is 0 Å². The van der Waals surface area contributed by atoms with Gasteiger partial charge < -0.3 is 16.0 Å². The minimum atomic E-state index is -0.604. The molecule has 1 aliphatic rings. The number of amides is 1. The summed E-state index contributed by atoms with van der Waals surface area (Å²) in [4.78, 5) is 14.2. The zero-order chi connectivity index (χ0) is 14.5. The van der Waals surface area contributed by atoms with Crippen molar-refractivity contribution in [2.24, 2.45) is 11.1 Å². The molecule has 0 aromatic heterocycles. The summed E-state index contributed by atoms with van der Waals surface area (Å²) in [7, 11) is 0. The molecule has 0 bridgehead atoms. The van der Waals surface area contributed by atoms with Gasteiger partial charge in [-0.1, -0.05) is 20.8 Å². The summed E-state index contributed by atoms with van der Waals surface area (Å²) < 4.78 is 0. The Bertz CT molecular complexity index is 302. The maximum Gasteiger partial charge on any atom is 0.238 e. The van der Waals surface area contributed by atoms with Crippen LogP contribution in [0.5, 0.6) is 0 Å². The van der Waals surface area contributed by atoms with Gasteiger partial charge in [-0.05, 0) is 51.1 Å². The smallest absolute Gasteiger partial charge is 0.238 e. The third kappa shape index (κ3) is 3.93. The molecule has 0 aromatic carbocycles.